The maximum absolute atomic E-state index is 14.4. The first-order chi connectivity index (χ1) is 14.9. The SMILES string of the molecule is Cc1cccc([C@@H](NC(=O)OC(C)(C)C)[C@@H](C(=O)N2CCc3cccnc32)C(F)(F)F)c1. The molecule has 0 aliphatic carbocycles. The average molecular weight is 449 g/mol. The summed E-state index contributed by atoms with van der Waals surface area (Å²) >= 11 is 0. The van der Waals surface area contributed by atoms with Crippen LogP contribution in [0.2, 0.25) is 0 Å². The van der Waals surface area contributed by atoms with Crippen molar-refractivity contribution in [3.63, 3.8) is 0 Å². The van der Waals surface area contributed by atoms with Crippen molar-refractivity contribution in [1.82, 2.24) is 10.3 Å². The van der Waals surface area contributed by atoms with Crippen LogP contribution in [0.3, 0.4) is 0 Å². The van der Waals surface area contributed by atoms with Gasteiger partial charge in [0.1, 0.15) is 11.4 Å². The van der Waals surface area contributed by atoms with E-state index in [2.05, 4.69) is 10.3 Å². The molecule has 3 rings (SSSR count). The predicted octanol–water partition coefficient (Wildman–Crippen LogP) is 4.72. The summed E-state index contributed by atoms with van der Waals surface area (Å²) in [5, 5.41) is 2.30. The maximum atomic E-state index is 14.4. The van der Waals surface area contributed by atoms with Crippen molar-refractivity contribution in [2.45, 2.75) is 51.9 Å². The van der Waals surface area contributed by atoms with Crippen molar-refractivity contribution in [3.8, 4) is 0 Å². The average Bonchev–Trinajstić information content (AvgIpc) is 3.09. The highest BCUT2D eigenvalue weighted by atomic mass is 19.4. The number of nitrogens with zero attached hydrogens (tertiary/aromatic N) is 2. The molecule has 172 valence electrons. The van der Waals surface area contributed by atoms with E-state index < -0.39 is 35.7 Å². The third kappa shape index (κ3) is 5.38. The van der Waals surface area contributed by atoms with Gasteiger partial charge >= 0.3 is 12.3 Å². The van der Waals surface area contributed by atoms with Gasteiger partial charge in [0.05, 0.1) is 6.04 Å². The lowest BCUT2D eigenvalue weighted by Gasteiger charge is -2.32. The fourth-order valence-electron chi connectivity index (χ4n) is 3.72. The van der Waals surface area contributed by atoms with E-state index in [4.69, 9.17) is 4.74 Å². The number of halogens is 3. The van der Waals surface area contributed by atoms with E-state index >= 15 is 0 Å². The van der Waals surface area contributed by atoms with Gasteiger partial charge in [-0.1, -0.05) is 35.9 Å². The Labute approximate surface area is 184 Å². The number of anilines is 1. The number of amides is 2. The van der Waals surface area contributed by atoms with Gasteiger partial charge in [-0.3, -0.25) is 9.69 Å². The molecular formula is C23H26F3N3O3. The van der Waals surface area contributed by atoms with Crippen LogP contribution >= 0.6 is 0 Å². The summed E-state index contributed by atoms with van der Waals surface area (Å²) in [7, 11) is 0. The Bertz CT molecular complexity index is 1000. The molecule has 0 radical (unpaired) electrons. The molecule has 9 heteroatoms. The monoisotopic (exact) mass is 449 g/mol. The lowest BCUT2D eigenvalue weighted by Crippen LogP contribution is -2.50. The second kappa shape index (κ2) is 8.80. The first-order valence-electron chi connectivity index (χ1n) is 10.2. The standard InChI is InChI=1S/C23H26F3N3O3/c1-14-7-5-8-16(13-14)18(28-21(31)32-22(2,3)4)17(23(24,25)26)20(30)29-12-10-15-9-6-11-27-19(15)29/h5-9,11,13,17-18H,10,12H2,1-4H3,(H,28,31)/t17-,18+/m0/s1. The Hall–Kier alpha value is -3.10. The van der Waals surface area contributed by atoms with Crippen LogP contribution in [-0.4, -0.2) is 35.3 Å². The highest BCUT2D eigenvalue weighted by Crippen LogP contribution is 2.40. The molecule has 0 saturated heterocycles. The topological polar surface area (TPSA) is 71.5 Å². The van der Waals surface area contributed by atoms with Gasteiger partial charge in [0, 0.05) is 12.7 Å². The van der Waals surface area contributed by atoms with Crippen LogP contribution in [0.15, 0.2) is 42.6 Å². The zero-order valence-electron chi connectivity index (χ0n) is 18.4. The number of carbonyl (C=O) groups is 2. The van der Waals surface area contributed by atoms with E-state index in [1.54, 1.807) is 52.0 Å². The molecule has 2 atom stereocenters. The molecule has 2 aromatic rings. The van der Waals surface area contributed by atoms with Gasteiger partial charge in [-0.05, 0) is 51.3 Å². The lowest BCUT2D eigenvalue weighted by molar-refractivity contribution is -0.187. The molecule has 0 spiro atoms. The van der Waals surface area contributed by atoms with E-state index in [1.165, 1.54) is 18.3 Å². The number of alkyl halides is 3. The van der Waals surface area contributed by atoms with E-state index in [1.807, 2.05) is 0 Å². The second-order valence-electron chi connectivity index (χ2n) is 8.78. The van der Waals surface area contributed by atoms with Gasteiger partial charge in [-0.15, -0.1) is 0 Å². The predicted molar refractivity (Wildman–Crippen MR) is 113 cm³/mol. The molecule has 2 amide bonds. The Morgan fingerprint density at radius 3 is 2.50 bits per heavy atom. The molecule has 0 fully saturated rings. The van der Waals surface area contributed by atoms with Crippen LogP contribution in [0, 0.1) is 12.8 Å². The van der Waals surface area contributed by atoms with Gasteiger partial charge in [0.2, 0.25) is 5.91 Å². The maximum Gasteiger partial charge on any atom is 0.408 e. The third-order valence-corrected chi connectivity index (χ3v) is 5.02. The van der Waals surface area contributed by atoms with Crippen molar-refractivity contribution in [2.75, 3.05) is 11.4 Å². The van der Waals surface area contributed by atoms with Crippen LogP contribution in [-0.2, 0) is 16.0 Å². The van der Waals surface area contributed by atoms with E-state index in [0.717, 1.165) is 4.90 Å². The lowest BCUT2D eigenvalue weighted by atomic mass is 9.90. The molecule has 6 nitrogen and oxygen atoms in total. The summed E-state index contributed by atoms with van der Waals surface area (Å²) in [4.78, 5) is 30.9. The number of benzene rings is 1. The summed E-state index contributed by atoms with van der Waals surface area (Å²) in [5.41, 5.74) is 0.637. The minimum atomic E-state index is -4.93. The molecule has 0 unspecified atom stereocenters. The van der Waals surface area contributed by atoms with Crippen LogP contribution in [0.1, 0.15) is 43.5 Å². The Morgan fingerprint density at radius 2 is 1.88 bits per heavy atom. The number of nitrogens with one attached hydrogen (secondary N) is 1. The molecule has 0 bridgehead atoms. The van der Waals surface area contributed by atoms with Gasteiger partial charge in [-0.25, -0.2) is 9.78 Å². The van der Waals surface area contributed by atoms with E-state index in [-0.39, 0.29) is 17.9 Å². The minimum absolute atomic E-state index is 0.0880. The molecule has 1 aliphatic heterocycles. The molecule has 32 heavy (non-hydrogen) atoms. The Balaban J connectivity index is 2.03. The van der Waals surface area contributed by atoms with Crippen LogP contribution in [0.25, 0.3) is 0 Å². The number of fused-ring (bicyclic) bond motifs is 1. The van der Waals surface area contributed by atoms with Gasteiger partial charge < -0.3 is 10.1 Å². The second-order valence-corrected chi connectivity index (χ2v) is 8.78. The fraction of sp³-hybridized carbons (Fsp3) is 0.435. The number of ether oxygens (including phenoxy) is 1. The summed E-state index contributed by atoms with van der Waals surface area (Å²) in [6.07, 6.45) is -4.12. The molecule has 1 aromatic carbocycles. The van der Waals surface area contributed by atoms with Crippen molar-refractivity contribution < 1.29 is 27.5 Å². The number of rotatable bonds is 4. The summed E-state index contributed by atoms with van der Waals surface area (Å²) in [6, 6.07) is 8.01. The number of carbonyl (C=O) groups excluding carboxylic acids is 2. The molecule has 1 aromatic heterocycles. The van der Waals surface area contributed by atoms with Crippen molar-refractivity contribution in [2.24, 2.45) is 5.92 Å². The summed E-state index contributed by atoms with van der Waals surface area (Å²) < 4.78 is 48.3. The van der Waals surface area contributed by atoms with Crippen molar-refractivity contribution >= 4 is 17.8 Å². The number of pyridine rings is 1. The molecule has 2 heterocycles. The highest BCUT2D eigenvalue weighted by Gasteiger charge is 2.53. The smallest absolute Gasteiger partial charge is 0.408 e. The molecular weight excluding hydrogens is 423 g/mol. The Morgan fingerprint density at radius 1 is 1.16 bits per heavy atom. The largest absolute Gasteiger partial charge is 0.444 e. The van der Waals surface area contributed by atoms with Gasteiger partial charge in [0.25, 0.3) is 0 Å². The fourth-order valence-corrected chi connectivity index (χ4v) is 3.72. The number of hydrogen-bond acceptors (Lipinski definition) is 4. The number of hydrogen-bond donors (Lipinski definition) is 1. The Kier molecular flexibility index (Phi) is 6.48. The molecule has 0 saturated carbocycles. The summed E-state index contributed by atoms with van der Waals surface area (Å²) in [5.74, 6) is -3.48. The molecule has 1 aliphatic rings. The minimum Gasteiger partial charge on any atom is -0.444 e. The van der Waals surface area contributed by atoms with Crippen LogP contribution in [0.4, 0.5) is 23.8 Å². The van der Waals surface area contributed by atoms with Gasteiger partial charge in [-0.2, -0.15) is 13.2 Å². The molecule has 1 N–H and O–H groups in total. The zero-order chi connectivity index (χ0) is 23.7. The van der Waals surface area contributed by atoms with Crippen molar-refractivity contribution in [1.29, 1.82) is 0 Å². The third-order valence-electron chi connectivity index (χ3n) is 5.02. The van der Waals surface area contributed by atoms with Crippen LogP contribution in [0.5, 0.6) is 0 Å². The number of aromatic nitrogens is 1. The number of alkyl carbamates (subject to hydrolysis) is 1. The first kappa shape index (κ1) is 23.6. The van der Waals surface area contributed by atoms with Crippen LogP contribution < -0.4 is 10.2 Å². The summed E-state index contributed by atoms with van der Waals surface area (Å²) in [6.45, 7) is 6.62. The number of aryl methyl sites for hydroxylation is 1. The normalized spacial score (nSPS) is 15.7. The van der Waals surface area contributed by atoms with Crippen molar-refractivity contribution in [3.05, 3.63) is 59.3 Å². The van der Waals surface area contributed by atoms with E-state index in [9.17, 15) is 22.8 Å². The van der Waals surface area contributed by atoms with E-state index in [0.29, 0.717) is 17.5 Å². The highest BCUT2D eigenvalue weighted by molar-refractivity contribution is 5.97. The quantitative estimate of drug-likeness (QED) is 0.733. The zero-order valence-corrected chi connectivity index (χ0v) is 18.4. The first-order valence-corrected chi connectivity index (χ1v) is 10.2. The van der Waals surface area contributed by atoms with Gasteiger partial charge in [0.15, 0.2) is 5.92 Å².